The average molecular weight is 403 g/mol. The van der Waals surface area contributed by atoms with Gasteiger partial charge in [0, 0.05) is 24.8 Å². The number of rotatable bonds is 3. The summed E-state index contributed by atoms with van der Waals surface area (Å²) in [6.07, 6.45) is 3.51. The molecular formula is C23H34N2O2S. The molecule has 1 atom stereocenters. The maximum Gasteiger partial charge on any atom is 0.120 e. The van der Waals surface area contributed by atoms with Gasteiger partial charge in [-0.2, -0.15) is 0 Å². The normalized spacial score (nSPS) is 17.8. The number of fused-ring (bicyclic) bond motifs is 1. The molecule has 2 aromatic carbocycles. The monoisotopic (exact) mass is 402 g/mol. The van der Waals surface area contributed by atoms with Gasteiger partial charge >= 0.3 is 0 Å². The van der Waals surface area contributed by atoms with E-state index >= 15 is 0 Å². The van der Waals surface area contributed by atoms with Gasteiger partial charge in [-0.1, -0.05) is 67.9 Å². The number of nitrogens with zero attached hydrogens (tertiary/aromatic N) is 2. The molecule has 2 aromatic rings. The molecule has 0 saturated carbocycles. The largest absolute Gasteiger partial charge is 0.412 e. The van der Waals surface area contributed by atoms with Crippen LogP contribution in [0.3, 0.4) is 0 Å². The van der Waals surface area contributed by atoms with E-state index in [1.165, 1.54) is 47.5 Å². The number of hydrogen-bond donors (Lipinski definition) is 0. The molecule has 154 valence electrons. The molecule has 1 fully saturated rings. The molecule has 1 unspecified atom stereocenters. The van der Waals surface area contributed by atoms with E-state index in [0.29, 0.717) is 5.92 Å². The van der Waals surface area contributed by atoms with Crippen LogP contribution in [0.5, 0.6) is 0 Å². The molecular weight excluding hydrogens is 368 g/mol. The molecule has 0 bridgehead atoms. The van der Waals surface area contributed by atoms with Gasteiger partial charge in [0.1, 0.15) is 5.84 Å². The molecule has 1 saturated heterocycles. The van der Waals surface area contributed by atoms with Crippen LogP contribution < -0.4 is 0 Å². The van der Waals surface area contributed by atoms with Gasteiger partial charge in [-0.15, -0.1) is 0 Å². The lowest BCUT2D eigenvalue weighted by atomic mass is 9.88. The first-order chi connectivity index (χ1) is 12.8. The number of amidine groups is 1. The number of aryl methyl sites for hydroxylation is 1. The van der Waals surface area contributed by atoms with Crippen molar-refractivity contribution in [3.63, 3.8) is 0 Å². The third-order valence-electron chi connectivity index (χ3n) is 5.08. The van der Waals surface area contributed by atoms with E-state index in [4.69, 9.17) is 4.40 Å². The molecule has 4 nitrogen and oxygen atoms in total. The highest BCUT2D eigenvalue weighted by molar-refractivity contribution is 7.98. The number of benzene rings is 2. The van der Waals surface area contributed by atoms with Crippen LogP contribution in [0.15, 0.2) is 52.9 Å². The fourth-order valence-corrected chi connectivity index (χ4v) is 4.45. The second-order valence-corrected chi connectivity index (χ2v) is 7.72. The van der Waals surface area contributed by atoms with E-state index in [0.717, 1.165) is 18.7 Å². The molecule has 28 heavy (non-hydrogen) atoms. The van der Waals surface area contributed by atoms with E-state index in [1.807, 2.05) is 13.8 Å². The molecule has 2 aliphatic rings. The topological polar surface area (TPSA) is 78.6 Å². The van der Waals surface area contributed by atoms with E-state index < -0.39 is 0 Å². The van der Waals surface area contributed by atoms with Crippen molar-refractivity contribution in [1.29, 1.82) is 0 Å². The smallest absolute Gasteiger partial charge is 0.120 e. The van der Waals surface area contributed by atoms with Gasteiger partial charge < -0.3 is 15.9 Å². The van der Waals surface area contributed by atoms with Gasteiger partial charge in [0.2, 0.25) is 0 Å². The molecule has 2 heterocycles. The second-order valence-electron chi connectivity index (χ2n) is 6.87. The third kappa shape index (κ3) is 5.84. The van der Waals surface area contributed by atoms with Crippen molar-refractivity contribution < 1.29 is 11.0 Å². The summed E-state index contributed by atoms with van der Waals surface area (Å²) < 4.78 is 4.77. The number of piperidine rings is 1. The lowest BCUT2D eigenvalue weighted by Gasteiger charge is -2.37. The average Bonchev–Trinajstić information content (AvgIpc) is 2.71. The van der Waals surface area contributed by atoms with Crippen LogP contribution in [-0.4, -0.2) is 40.5 Å². The summed E-state index contributed by atoms with van der Waals surface area (Å²) in [6, 6.07) is 18.1. The minimum absolute atomic E-state index is 0. The zero-order valence-corrected chi connectivity index (χ0v) is 18.1. The van der Waals surface area contributed by atoms with Gasteiger partial charge in [0.05, 0.1) is 0 Å². The number of hydrogen-bond acceptors (Lipinski definition) is 3. The second kappa shape index (κ2) is 11.9. The zero-order chi connectivity index (χ0) is 18.4. The van der Waals surface area contributed by atoms with Crippen LogP contribution in [0.4, 0.5) is 0 Å². The van der Waals surface area contributed by atoms with Gasteiger partial charge in [-0.3, -0.25) is 0 Å². The molecule has 0 aliphatic carbocycles. The Balaban J connectivity index is 0.000000950. The predicted molar refractivity (Wildman–Crippen MR) is 122 cm³/mol. The van der Waals surface area contributed by atoms with Crippen LogP contribution in [0.2, 0.25) is 0 Å². The summed E-state index contributed by atoms with van der Waals surface area (Å²) in [5.74, 6) is 2.93. The van der Waals surface area contributed by atoms with Crippen molar-refractivity contribution in [2.75, 3.05) is 18.8 Å². The molecule has 4 rings (SSSR count). The Labute approximate surface area is 173 Å². The van der Waals surface area contributed by atoms with Crippen LogP contribution in [0.1, 0.15) is 54.9 Å². The lowest BCUT2D eigenvalue weighted by molar-refractivity contribution is 0.371. The molecule has 4 N–H and O–H groups in total. The Hall–Kier alpha value is -1.82. The van der Waals surface area contributed by atoms with E-state index in [2.05, 4.69) is 60.4 Å². The first-order valence-electron chi connectivity index (χ1n) is 9.89. The highest BCUT2D eigenvalue weighted by Crippen LogP contribution is 2.32. The highest BCUT2D eigenvalue weighted by atomic mass is 32.2. The van der Waals surface area contributed by atoms with Crippen LogP contribution in [0, 0.1) is 6.92 Å². The summed E-state index contributed by atoms with van der Waals surface area (Å²) in [6.45, 7) is 8.48. The Bertz CT molecular complexity index is 729. The predicted octanol–water partition coefficient (Wildman–Crippen LogP) is 4.20. The van der Waals surface area contributed by atoms with Crippen LogP contribution in [-0.2, 0) is 6.42 Å². The van der Waals surface area contributed by atoms with E-state index in [9.17, 15) is 0 Å². The van der Waals surface area contributed by atoms with Gasteiger partial charge in [0.15, 0.2) is 0 Å². The Morgan fingerprint density at radius 2 is 1.54 bits per heavy atom. The molecule has 5 heteroatoms. The van der Waals surface area contributed by atoms with E-state index in [1.54, 1.807) is 11.9 Å². The standard InChI is InChI=1S/C21H24N2S.C2H6.2H2O/c1-16-4-6-17(7-5-16)15-18-8-10-19(11-9-18)20-3-2-12-23-13-14-24-22-21(20)23;1-2;;/h4-11,20H,2-3,12-15H2,1H3;1-2H3;2*1H2. The molecule has 0 radical (unpaired) electrons. The molecule has 2 aliphatic heterocycles. The van der Waals surface area contributed by atoms with Gasteiger partial charge in [-0.25, -0.2) is 4.40 Å². The first-order valence-corrected chi connectivity index (χ1v) is 10.8. The summed E-state index contributed by atoms with van der Waals surface area (Å²) in [5.41, 5.74) is 5.51. The summed E-state index contributed by atoms with van der Waals surface area (Å²) >= 11 is 1.73. The SMILES string of the molecule is CC.Cc1ccc(Cc2ccc(C3CCCN4CCSN=C34)cc2)cc1.O.O. The molecule has 0 amide bonds. The van der Waals surface area contributed by atoms with Crippen molar-refractivity contribution in [2.45, 2.75) is 46.0 Å². The van der Waals surface area contributed by atoms with Crippen molar-refractivity contribution in [3.05, 3.63) is 70.8 Å². The van der Waals surface area contributed by atoms with Crippen LogP contribution >= 0.6 is 11.9 Å². The van der Waals surface area contributed by atoms with Crippen molar-refractivity contribution in [1.82, 2.24) is 4.90 Å². The maximum absolute atomic E-state index is 4.77. The third-order valence-corrected chi connectivity index (χ3v) is 5.76. The zero-order valence-electron chi connectivity index (χ0n) is 17.2. The quantitative estimate of drug-likeness (QED) is 0.721. The Kier molecular flexibility index (Phi) is 10.3. The van der Waals surface area contributed by atoms with Crippen LogP contribution in [0.25, 0.3) is 0 Å². The van der Waals surface area contributed by atoms with Crippen molar-refractivity contribution in [2.24, 2.45) is 4.40 Å². The van der Waals surface area contributed by atoms with Gasteiger partial charge in [-0.05, 0) is 54.8 Å². The maximum atomic E-state index is 4.77. The fraction of sp³-hybridized carbons (Fsp3) is 0.435. The van der Waals surface area contributed by atoms with Crippen molar-refractivity contribution in [3.8, 4) is 0 Å². The fourth-order valence-electron chi connectivity index (χ4n) is 3.69. The Morgan fingerprint density at radius 3 is 2.18 bits per heavy atom. The van der Waals surface area contributed by atoms with Crippen molar-refractivity contribution >= 4 is 17.8 Å². The summed E-state index contributed by atoms with van der Waals surface area (Å²) in [7, 11) is 0. The lowest BCUT2D eigenvalue weighted by Crippen LogP contribution is -2.42. The van der Waals surface area contributed by atoms with Gasteiger partial charge in [0.25, 0.3) is 0 Å². The minimum Gasteiger partial charge on any atom is -0.412 e. The first kappa shape index (κ1) is 24.2. The highest BCUT2D eigenvalue weighted by Gasteiger charge is 2.29. The summed E-state index contributed by atoms with van der Waals surface area (Å²) in [4.78, 5) is 2.49. The minimum atomic E-state index is 0. The molecule has 0 spiro atoms. The Morgan fingerprint density at radius 1 is 0.929 bits per heavy atom. The van der Waals surface area contributed by atoms with E-state index in [-0.39, 0.29) is 11.0 Å². The summed E-state index contributed by atoms with van der Waals surface area (Å²) in [5, 5.41) is 0. The molecule has 0 aromatic heterocycles.